The van der Waals surface area contributed by atoms with Crippen molar-refractivity contribution in [3.63, 3.8) is 0 Å². The summed E-state index contributed by atoms with van der Waals surface area (Å²) in [6.07, 6.45) is 1.69. The Labute approximate surface area is 175 Å². The Bertz CT molecular complexity index is 966. The van der Waals surface area contributed by atoms with Crippen LogP contribution in [-0.4, -0.2) is 50.4 Å². The van der Waals surface area contributed by atoms with Crippen molar-refractivity contribution in [3.8, 4) is 0 Å². The van der Waals surface area contributed by atoms with Gasteiger partial charge in [0.15, 0.2) is 5.69 Å². The number of thioether (sulfide) groups is 1. The number of benzene rings is 2. The zero-order valence-corrected chi connectivity index (χ0v) is 17.4. The highest BCUT2D eigenvalue weighted by atomic mass is 32.2. The number of nitrogens with zero attached hydrogens (tertiary/aromatic N) is 4. The zero-order chi connectivity index (χ0) is 20.1. The van der Waals surface area contributed by atoms with Crippen molar-refractivity contribution in [1.82, 2.24) is 19.9 Å². The maximum absolute atomic E-state index is 12.7. The summed E-state index contributed by atoms with van der Waals surface area (Å²) in [6.45, 7) is 5.80. The van der Waals surface area contributed by atoms with Crippen molar-refractivity contribution in [1.29, 1.82) is 0 Å². The number of carbonyl (C=O) groups excluding carboxylic acids is 1. The van der Waals surface area contributed by atoms with Crippen molar-refractivity contribution in [2.75, 3.05) is 29.9 Å². The van der Waals surface area contributed by atoms with Crippen molar-refractivity contribution in [2.24, 2.45) is 0 Å². The predicted molar refractivity (Wildman–Crippen MR) is 117 cm³/mol. The van der Waals surface area contributed by atoms with Crippen LogP contribution >= 0.6 is 11.8 Å². The molecule has 2 aromatic carbocycles. The Balaban J connectivity index is 1.42. The number of anilines is 1. The molecule has 0 atom stereocenters. The van der Waals surface area contributed by atoms with E-state index in [-0.39, 0.29) is 5.91 Å². The number of hydrogen-bond donors (Lipinski definition) is 1. The topological polar surface area (TPSA) is 63.1 Å². The second kappa shape index (κ2) is 9.24. The molecule has 0 spiro atoms. The van der Waals surface area contributed by atoms with E-state index in [2.05, 4.69) is 33.5 Å². The predicted octanol–water partition coefficient (Wildman–Crippen LogP) is 3.44. The number of nitrogens with one attached hydrogen (secondary N) is 1. The van der Waals surface area contributed by atoms with E-state index in [1.165, 1.54) is 17.1 Å². The van der Waals surface area contributed by atoms with Gasteiger partial charge in [0.1, 0.15) is 0 Å². The lowest BCUT2D eigenvalue weighted by Crippen LogP contribution is -2.32. The van der Waals surface area contributed by atoms with E-state index in [0.717, 1.165) is 36.4 Å². The Kier molecular flexibility index (Phi) is 6.27. The fourth-order valence-electron chi connectivity index (χ4n) is 3.43. The van der Waals surface area contributed by atoms with Gasteiger partial charge in [-0.3, -0.25) is 9.69 Å². The lowest BCUT2D eigenvalue weighted by atomic mass is 10.1. The molecule has 2 heterocycles. The monoisotopic (exact) mass is 407 g/mol. The molecule has 1 fully saturated rings. The average molecular weight is 408 g/mol. The molecule has 7 heteroatoms. The molecule has 1 aliphatic heterocycles. The first-order chi connectivity index (χ1) is 14.2. The molecule has 0 saturated carbocycles. The highest BCUT2D eigenvalue weighted by molar-refractivity contribution is 7.99. The van der Waals surface area contributed by atoms with Gasteiger partial charge in [-0.05, 0) is 29.7 Å². The summed E-state index contributed by atoms with van der Waals surface area (Å²) in [4.78, 5) is 15.2. The molecule has 0 bridgehead atoms. The molecule has 6 nitrogen and oxygen atoms in total. The van der Waals surface area contributed by atoms with Crippen molar-refractivity contribution in [3.05, 3.63) is 77.1 Å². The summed E-state index contributed by atoms with van der Waals surface area (Å²) >= 11 is 2.01. The van der Waals surface area contributed by atoms with E-state index >= 15 is 0 Å². The van der Waals surface area contributed by atoms with Gasteiger partial charge in [-0.25, -0.2) is 4.68 Å². The molecule has 1 aromatic heterocycles. The second-order valence-corrected chi connectivity index (χ2v) is 8.44. The van der Waals surface area contributed by atoms with Crippen LogP contribution < -0.4 is 5.32 Å². The van der Waals surface area contributed by atoms with E-state index < -0.39 is 0 Å². The van der Waals surface area contributed by atoms with E-state index in [9.17, 15) is 4.79 Å². The number of hydrogen-bond acceptors (Lipinski definition) is 5. The minimum Gasteiger partial charge on any atom is -0.320 e. The fourth-order valence-corrected chi connectivity index (χ4v) is 4.41. The molecule has 1 N–H and O–H groups in total. The second-order valence-electron chi connectivity index (χ2n) is 7.22. The van der Waals surface area contributed by atoms with Gasteiger partial charge < -0.3 is 5.32 Å². The van der Waals surface area contributed by atoms with Gasteiger partial charge in [0, 0.05) is 36.8 Å². The molecule has 0 aliphatic carbocycles. The number of rotatable bonds is 6. The van der Waals surface area contributed by atoms with E-state index in [0.29, 0.717) is 12.2 Å². The summed E-state index contributed by atoms with van der Waals surface area (Å²) in [5.41, 5.74) is 4.62. The lowest BCUT2D eigenvalue weighted by molar-refractivity contribution is 0.102. The SMILES string of the molecule is Cc1c(CN2CCSCC2)cccc1NC(=O)c1cn(Cc2ccccc2)nn1. The minimum absolute atomic E-state index is 0.237. The van der Waals surface area contributed by atoms with Gasteiger partial charge in [0.2, 0.25) is 0 Å². The smallest absolute Gasteiger partial charge is 0.277 e. The molecule has 1 amide bonds. The van der Waals surface area contributed by atoms with E-state index in [1.807, 2.05) is 54.2 Å². The molecule has 150 valence electrons. The normalized spacial score (nSPS) is 14.7. The Morgan fingerprint density at radius 1 is 1.07 bits per heavy atom. The van der Waals surface area contributed by atoms with Crippen LogP contribution in [-0.2, 0) is 13.1 Å². The minimum atomic E-state index is -0.237. The third-order valence-corrected chi connectivity index (χ3v) is 6.09. The molecule has 1 aliphatic rings. The van der Waals surface area contributed by atoms with Crippen LogP contribution in [0.25, 0.3) is 0 Å². The first kappa shape index (κ1) is 19.7. The zero-order valence-electron chi connectivity index (χ0n) is 16.5. The highest BCUT2D eigenvalue weighted by Crippen LogP contribution is 2.22. The molecule has 4 rings (SSSR count). The van der Waals surface area contributed by atoms with Gasteiger partial charge in [-0.15, -0.1) is 5.10 Å². The van der Waals surface area contributed by atoms with Gasteiger partial charge in [0.05, 0.1) is 12.7 Å². The standard InChI is InChI=1S/C22H25N5OS/c1-17-19(15-26-10-12-29-13-11-26)8-5-9-20(17)23-22(28)21-16-27(25-24-21)14-18-6-3-2-4-7-18/h2-9,16H,10-15H2,1H3,(H,23,28). The third kappa shape index (κ3) is 5.05. The van der Waals surface area contributed by atoms with Gasteiger partial charge >= 0.3 is 0 Å². The van der Waals surface area contributed by atoms with Crippen LogP contribution in [0.15, 0.2) is 54.7 Å². The molecular formula is C22H25N5OS. The number of amides is 1. The first-order valence-corrected chi connectivity index (χ1v) is 11.0. The molecule has 0 unspecified atom stereocenters. The molecule has 29 heavy (non-hydrogen) atoms. The summed E-state index contributed by atoms with van der Waals surface area (Å²) in [6, 6.07) is 16.1. The maximum atomic E-state index is 12.7. The van der Waals surface area contributed by atoms with Gasteiger partial charge in [-0.2, -0.15) is 11.8 Å². The van der Waals surface area contributed by atoms with Crippen LogP contribution in [0.5, 0.6) is 0 Å². The summed E-state index contributed by atoms with van der Waals surface area (Å²) in [5.74, 6) is 2.14. The summed E-state index contributed by atoms with van der Waals surface area (Å²) in [7, 11) is 0. The van der Waals surface area contributed by atoms with Crippen LogP contribution in [0.4, 0.5) is 5.69 Å². The summed E-state index contributed by atoms with van der Waals surface area (Å²) in [5, 5.41) is 11.1. The molecule has 0 radical (unpaired) electrons. The van der Waals surface area contributed by atoms with Gasteiger partial charge in [-0.1, -0.05) is 47.7 Å². The Morgan fingerprint density at radius 3 is 2.66 bits per heavy atom. The molecular weight excluding hydrogens is 382 g/mol. The van der Waals surface area contributed by atoms with Crippen molar-refractivity contribution in [2.45, 2.75) is 20.0 Å². The van der Waals surface area contributed by atoms with Gasteiger partial charge in [0.25, 0.3) is 5.91 Å². The maximum Gasteiger partial charge on any atom is 0.277 e. The average Bonchev–Trinajstić information content (AvgIpc) is 3.21. The quantitative estimate of drug-likeness (QED) is 0.678. The summed E-state index contributed by atoms with van der Waals surface area (Å²) < 4.78 is 1.68. The van der Waals surface area contributed by atoms with E-state index in [4.69, 9.17) is 0 Å². The molecule has 1 saturated heterocycles. The third-order valence-electron chi connectivity index (χ3n) is 5.15. The van der Waals surface area contributed by atoms with E-state index in [1.54, 1.807) is 10.9 Å². The highest BCUT2D eigenvalue weighted by Gasteiger charge is 2.16. The fraction of sp³-hybridized carbons (Fsp3) is 0.318. The number of carbonyl (C=O) groups is 1. The largest absolute Gasteiger partial charge is 0.320 e. The molecule has 3 aromatic rings. The number of aromatic nitrogens is 3. The van der Waals surface area contributed by atoms with Crippen molar-refractivity contribution < 1.29 is 4.79 Å². The Morgan fingerprint density at radius 2 is 1.86 bits per heavy atom. The Hall–Kier alpha value is -2.64. The van der Waals surface area contributed by atoms with Crippen LogP contribution in [0, 0.1) is 6.92 Å². The van der Waals surface area contributed by atoms with Crippen LogP contribution in [0.3, 0.4) is 0 Å². The first-order valence-electron chi connectivity index (χ1n) is 9.83. The van der Waals surface area contributed by atoms with Crippen LogP contribution in [0.2, 0.25) is 0 Å². The van der Waals surface area contributed by atoms with Crippen molar-refractivity contribution >= 4 is 23.4 Å². The van der Waals surface area contributed by atoms with Crippen LogP contribution in [0.1, 0.15) is 27.2 Å². The lowest BCUT2D eigenvalue weighted by Gasteiger charge is -2.27.